The van der Waals surface area contributed by atoms with Gasteiger partial charge >= 0.3 is 0 Å². The highest BCUT2D eigenvalue weighted by Crippen LogP contribution is 2.22. The molecule has 0 aromatic carbocycles. The van der Waals surface area contributed by atoms with Crippen LogP contribution in [0.15, 0.2) is 0 Å². The van der Waals surface area contributed by atoms with Crippen molar-refractivity contribution >= 4 is 20.0 Å². The van der Waals surface area contributed by atoms with Gasteiger partial charge in [0.15, 0.2) is 4.08 Å². The van der Waals surface area contributed by atoms with Gasteiger partial charge in [0.05, 0.1) is 12.1 Å². The lowest BCUT2D eigenvalue weighted by atomic mass is 10.2. The van der Waals surface area contributed by atoms with Gasteiger partial charge in [0.25, 0.3) is 0 Å². The molecule has 0 rings (SSSR count). The van der Waals surface area contributed by atoms with Gasteiger partial charge in [0.1, 0.15) is 0 Å². The third-order valence-corrected chi connectivity index (χ3v) is 8.88. The van der Waals surface area contributed by atoms with Gasteiger partial charge in [-0.25, -0.2) is 26.3 Å². The smallest absolute Gasteiger partial charge is 0.214 e. The van der Waals surface area contributed by atoms with Crippen molar-refractivity contribution in [3.05, 3.63) is 0 Å². The molecule has 8 nitrogen and oxygen atoms in total. The first-order valence-corrected chi connectivity index (χ1v) is 11.3. The first-order chi connectivity index (χ1) is 11.6. The van der Waals surface area contributed by atoms with Crippen LogP contribution >= 0.6 is 0 Å². The summed E-state index contributed by atoms with van der Waals surface area (Å²) in [5, 5.41) is 16.9. The standard InChI is InChI=1S/C15H28N4O4S2/c1-15(2,24(20,21)18-13-9-5-3-7-11-16)25(22,23)19-14-10-6-4-8-12-17/h18-19H,3-10,13-14H2,1-2H3. The Kier molecular flexibility index (Phi) is 10.9. The minimum atomic E-state index is -4.07. The van der Waals surface area contributed by atoms with Gasteiger partial charge in [-0.05, 0) is 39.5 Å². The zero-order chi connectivity index (χ0) is 19.4. The number of hydrogen-bond donors (Lipinski definition) is 2. The number of rotatable bonds is 14. The molecule has 2 N–H and O–H groups in total. The van der Waals surface area contributed by atoms with Crippen LogP contribution in [0.5, 0.6) is 0 Å². The minimum absolute atomic E-state index is 0.140. The fraction of sp³-hybridized carbons (Fsp3) is 0.867. The van der Waals surface area contributed by atoms with Crippen LogP contribution in [0.1, 0.15) is 65.2 Å². The molecule has 0 aromatic rings. The van der Waals surface area contributed by atoms with E-state index >= 15 is 0 Å². The third kappa shape index (κ3) is 8.15. The molecule has 0 saturated carbocycles. The highest BCUT2D eigenvalue weighted by Gasteiger charge is 2.46. The average Bonchev–Trinajstić information content (AvgIpc) is 2.53. The third-order valence-electron chi connectivity index (χ3n) is 3.81. The van der Waals surface area contributed by atoms with Gasteiger partial charge < -0.3 is 0 Å². The summed E-state index contributed by atoms with van der Waals surface area (Å²) in [6.45, 7) is 2.59. The summed E-state index contributed by atoms with van der Waals surface area (Å²) >= 11 is 0. The second-order valence-electron chi connectivity index (χ2n) is 6.13. The normalized spacial score (nSPS) is 12.5. The van der Waals surface area contributed by atoms with Crippen molar-refractivity contribution in [2.45, 2.75) is 69.3 Å². The molecule has 0 heterocycles. The molecule has 0 atom stereocenters. The number of hydrogen-bond acceptors (Lipinski definition) is 6. The Hall–Kier alpha value is -1.20. The first-order valence-electron chi connectivity index (χ1n) is 8.34. The Morgan fingerprint density at radius 3 is 1.40 bits per heavy atom. The van der Waals surface area contributed by atoms with Crippen LogP contribution in [0.25, 0.3) is 0 Å². The summed E-state index contributed by atoms with van der Waals surface area (Å²) in [6, 6.07) is 4.02. The summed E-state index contributed by atoms with van der Waals surface area (Å²) < 4.78 is 52.0. The van der Waals surface area contributed by atoms with Crippen LogP contribution in [-0.4, -0.2) is 34.0 Å². The largest absolute Gasteiger partial charge is 0.232 e. The van der Waals surface area contributed by atoms with E-state index in [9.17, 15) is 16.8 Å². The molecule has 0 fully saturated rings. The summed E-state index contributed by atoms with van der Waals surface area (Å²) in [6.07, 6.45) is 4.71. The van der Waals surface area contributed by atoms with E-state index in [0.717, 1.165) is 13.8 Å². The number of nitrogens with zero attached hydrogens (tertiary/aromatic N) is 2. The van der Waals surface area contributed by atoms with Gasteiger partial charge in [-0.2, -0.15) is 10.5 Å². The Morgan fingerprint density at radius 2 is 1.08 bits per heavy atom. The Morgan fingerprint density at radius 1 is 0.720 bits per heavy atom. The monoisotopic (exact) mass is 392 g/mol. The zero-order valence-electron chi connectivity index (χ0n) is 14.9. The Labute approximate surface area is 151 Å². The van der Waals surface area contributed by atoms with Gasteiger partial charge in [0.2, 0.25) is 20.0 Å². The summed E-state index contributed by atoms with van der Waals surface area (Å²) in [4.78, 5) is 0. The van der Waals surface area contributed by atoms with E-state index in [4.69, 9.17) is 10.5 Å². The van der Waals surface area contributed by atoms with E-state index in [0.29, 0.717) is 51.4 Å². The fourth-order valence-electron chi connectivity index (χ4n) is 1.92. The maximum Gasteiger partial charge on any atom is 0.232 e. The van der Waals surface area contributed by atoms with Crippen molar-refractivity contribution < 1.29 is 16.8 Å². The van der Waals surface area contributed by atoms with Crippen molar-refractivity contribution in [1.82, 2.24) is 9.44 Å². The number of sulfonamides is 2. The zero-order valence-corrected chi connectivity index (χ0v) is 16.5. The molecule has 0 aliphatic rings. The van der Waals surface area contributed by atoms with Crippen LogP contribution < -0.4 is 9.44 Å². The second kappa shape index (κ2) is 11.4. The fourth-order valence-corrected chi connectivity index (χ4v) is 4.95. The van der Waals surface area contributed by atoms with E-state index in [2.05, 4.69) is 9.44 Å². The minimum Gasteiger partial charge on any atom is -0.214 e. The van der Waals surface area contributed by atoms with Gasteiger partial charge in [-0.3, -0.25) is 0 Å². The molecule has 0 radical (unpaired) electrons. The van der Waals surface area contributed by atoms with E-state index in [-0.39, 0.29) is 13.1 Å². The molecule has 0 spiro atoms. The molecule has 0 bridgehead atoms. The van der Waals surface area contributed by atoms with Gasteiger partial charge in [-0.15, -0.1) is 0 Å². The SMILES string of the molecule is CC(C)(S(=O)(=O)NCCCCCC#N)S(=O)(=O)NCCCCCC#N. The van der Waals surface area contributed by atoms with Crippen LogP contribution in [-0.2, 0) is 20.0 Å². The van der Waals surface area contributed by atoms with E-state index < -0.39 is 24.1 Å². The summed E-state index contributed by atoms with van der Waals surface area (Å²) in [7, 11) is -8.14. The van der Waals surface area contributed by atoms with Crippen molar-refractivity contribution in [3.8, 4) is 12.1 Å². The van der Waals surface area contributed by atoms with Crippen LogP contribution in [0.2, 0.25) is 0 Å². The van der Waals surface area contributed by atoms with Crippen molar-refractivity contribution in [2.24, 2.45) is 0 Å². The molecule has 0 amide bonds. The molecule has 25 heavy (non-hydrogen) atoms. The average molecular weight is 393 g/mol. The summed E-state index contributed by atoms with van der Waals surface area (Å²) in [5.74, 6) is 0. The van der Waals surface area contributed by atoms with Crippen molar-refractivity contribution in [2.75, 3.05) is 13.1 Å². The highest BCUT2D eigenvalue weighted by atomic mass is 32.3. The quantitative estimate of drug-likeness (QED) is 0.431. The van der Waals surface area contributed by atoms with Crippen LogP contribution in [0.4, 0.5) is 0 Å². The first kappa shape index (κ1) is 23.8. The molecule has 0 aliphatic heterocycles. The number of nitrogens with one attached hydrogen (secondary N) is 2. The maximum absolute atomic E-state index is 12.3. The predicted octanol–water partition coefficient (Wildman–Crippen LogP) is 1.73. The second-order valence-corrected chi connectivity index (χ2v) is 11.0. The van der Waals surface area contributed by atoms with E-state index in [1.165, 1.54) is 0 Å². The molecular weight excluding hydrogens is 364 g/mol. The number of unbranched alkanes of at least 4 members (excludes halogenated alkanes) is 6. The molecule has 10 heteroatoms. The van der Waals surface area contributed by atoms with Crippen molar-refractivity contribution in [3.63, 3.8) is 0 Å². The van der Waals surface area contributed by atoms with Crippen molar-refractivity contribution in [1.29, 1.82) is 10.5 Å². The molecule has 0 unspecified atom stereocenters. The van der Waals surface area contributed by atoms with Crippen LogP contribution in [0.3, 0.4) is 0 Å². The Balaban J connectivity index is 4.52. The molecule has 0 aliphatic carbocycles. The lowest BCUT2D eigenvalue weighted by molar-refractivity contribution is 0.533. The molecular formula is C15H28N4O4S2. The molecule has 0 aromatic heterocycles. The highest BCUT2D eigenvalue weighted by molar-refractivity contribution is 8.08. The van der Waals surface area contributed by atoms with Crippen LogP contribution in [0, 0.1) is 22.7 Å². The lowest BCUT2D eigenvalue weighted by Crippen LogP contribution is -2.52. The lowest BCUT2D eigenvalue weighted by Gasteiger charge is -2.25. The Bertz CT molecular complexity index is 615. The molecule has 144 valence electrons. The van der Waals surface area contributed by atoms with Gasteiger partial charge in [-0.1, -0.05) is 12.8 Å². The molecule has 0 saturated heterocycles. The maximum atomic E-state index is 12.3. The van der Waals surface area contributed by atoms with Gasteiger partial charge in [0, 0.05) is 25.9 Å². The van der Waals surface area contributed by atoms with E-state index in [1.807, 2.05) is 12.1 Å². The van der Waals surface area contributed by atoms with E-state index in [1.54, 1.807) is 0 Å². The number of nitriles is 2. The summed E-state index contributed by atoms with van der Waals surface area (Å²) in [5.41, 5.74) is 0. The predicted molar refractivity (Wildman–Crippen MR) is 96.1 cm³/mol. The topological polar surface area (TPSA) is 140 Å².